The predicted molar refractivity (Wildman–Crippen MR) is 79.9 cm³/mol. The third-order valence-corrected chi connectivity index (χ3v) is 2.38. The molecule has 0 unspecified atom stereocenters. The van der Waals surface area contributed by atoms with Crippen LogP contribution < -0.4 is 5.32 Å². The van der Waals surface area contributed by atoms with Gasteiger partial charge in [-0.25, -0.2) is 4.79 Å². The summed E-state index contributed by atoms with van der Waals surface area (Å²) < 4.78 is 6.25. The van der Waals surface area contributed by atoms with Gasteiger partial charge >= 0.3 is 6.09 Å². The highest BCUT2D eigenvalue weighted by molar-refractivity contribution is 9.11. The molecule has 0 aliphatic rings. The molecule has 1 amide bonds. The Balaban J connectivity index is 4.06. The second kappa shape index (κ2) is 8.35. The Bertz CT molecular complexity index is 323. The van der Waals surface area contributed by atoms with Crippen LogP contribution in [0.25, 0.3) is 0 Å². The topological polar surface area (TPSA) is 38.3 Å². The molecule has 0 radical (unpaired) electrons. The zero-order valence-electron chi connectivity index (χ0n) is 12.0. The molecular formula is C14H24BrNO2. The average Bonchev–Trinajstić information content (AvgIpc) is 2.20. The molecule has 4 heteroatoms. The lowest BCUT2D eigenvalue weighted by atomic mass is 10.1. The minimum Gasteiger partial charge on any atom is -0.444 e. The molecule has 0 spiro atoms. The van der Waals surface area contributed by atoms with Crippen LogP contribution >= 0.6 is 15.9 Å². The smallest absolute Gasteiger partial charge is 0.407 e. The lowest BCUT2D eigenvalue weighted by molar-refractivity contribution is 0.0528. The Morgan fingerprint density at radius 3 is 2.39 bits per heavy atom. The fourth-order valence-electron chi connectivity index (χ4n) is 1.25. The minimum absolute atomic E-state index is 0.356. The first kappa shape index (κ1) is 17.2. The molecule has 0 aliphatic heterocycles. The molecule has 0 aliphatic carbocycles. The van der Waals surface area contributed by atoms with Crippen LogP contribution in [0, 0.1) is 0 Å². The molecule has 0 heterocycles. The van der Waals surface area contributed by atoms with Gasteiger partial charge in [-0.15, -0.1) is 0 Å². The van der Waals surface area contributed by atoms with E-state index in [1.807, 2.05) is 33.8 Å². The molecule has 0 fully saturated rings. The van der Waals surface area contributed by atoms with Gasteiger partial charge in [0.2, 0.25) is 0 Å². The first-order chi connectivity index (χ1) is 8.24. The summed E-state index contributed by atoms with van der Waals surface area (Å²) in [5, 5.41) is 2.76. The molecule has 0 rings (SSSR count). The summed E-state index contributed by atoms with van der Waals surface area (Å²) in [4.78, 5) is 11.4. The Labute approximate surface area is 119 Å². The van der Waals surface area contributed by atoms with Gasteiger partial charge in [0, 0.05) is 6.54 Å². The number of hydrogen-bond acceptors (Lipinski definition) is 2. The van der Waals surface area contributed by atoms with E-state index in [-0.39, 0.29) is 6.09 Å². The van der Waals surface area contributed by atoms with Crippen molar-refractivity contribution in [2.45, 2.75) is 53.1 Å². The van der Waals surface area contributed by atoms with Crippen LogP contribution in [0.4, 0.5) is 4.79 Å². The van der Waals surface area contributed by atoms with Crippen molar-refractivity contribution in [3.05, 3.63) is 22.2 Å². The third kappa shape index (κ3) is 10.4. The highest BCUT2D eigenvalue weighted by Crippen LogP contribution is 2.10. The van der Waals surface area contributed by atoms with Crippen LogP contribution in [0.1, 0.15) is 47.5 Å². The fourth-order valence-corrected chi connectivity index (χ4v) is 1.38. The van der Waals surface area contributed by atoms with Crippen molar-refractivity contribution in [1.29, 1.82) is 0 Å². The Hall–Kier alpha value is -0.770. The number of hydrogen-bond donors (Lipinski definition) is 1. The van der Waals surface area contributed by atoms with Crippen molar-refractivity contribution < 1.29 is 9.53 Å². The normalized spacial score (nSPS) is 13.4. The SMILES string of the molecule is CC/C(=C\C=C(/C)Br)CCNC(=O)OC(C)(C)C. The van der Waals surface area contributed by atoms with Gasteiger partial charge in [0.25, 0.3) is 0 Å². The van der Waals surface area contributed by atoms with E-state index >= 15 is 0 Å². The summed E-state index contributed by atoms with van der Waals surface area (Å²) in [6, 6.07) is 0. The van der Waals surface area contributed by atoms with Crippen molar-refractivity contribution in [2.75, 3.05) is 6.54 Å². The number of carbonyl (C=O) groups excluding carboxylic acids is 1. The van der Waals surface area contributed by atoms with E-state index < -0.39 is 5.60 Å². The zero-order valence-corrected chi connectivity index (χ0v) is 13.6. The van der Waals surface area contributed by atoms with E-state index in [1.54, 1.807) is 0 Å². The molecule has 1 N–H and O–H groups in total. The summed E-state index contributed by atoms with van der Waals surface area (Å²) >= 11 is 3.38. The van der Waals surface area contributed by atoms with Crippen molar-refractivity contribution in [1.82, 2.24) is 5.32 Å². The second-order valence-corrected chi connectivity index (χ2v) is 6.36. The number of carbonyl (C=O) groups is 1. The largest absolute Gasteiger partial charge is 0.444 e. The fraction of sp³-hybridized carbons (Fsp3) is 0.643. The molecule has 0 aromatic rings. The van der Waals surface area contributed by atoms with E-state index in [0.29, 0.717) is 6.54 Å². The minimum atomic E-state index is -0.441. The maximum absolute atomic E-state index is 11.4. The third-order valence-electron chi connectivity index (χ3n) is 2.12. The van der Waals surface area contributed by atoms with Gasteiger partial charge in [0.15, 0.2) is 0 Å². The first-order valence-electron chi connectivity index (χ1n) is 6.23. The molecular weight excluding hydrogens is 294 g/mol. The molecule has 3 nitrogen and oxygen atoms in total. The molecule has 0 saturated heterocycles. The van der Waals surface area contributed by atoms with Crippen molar-refractivity contribution in [3.8, 4) is 0 Å². The van der Waals surface area contributed by atoms with Crippen LogP contribution in [-0.4, -0.2) is 18.2 Å². The van der Waals surface area contributed by atoms with E-state index in [1.165, 1.54) is 5.57 Å². The Morgan fingerprint density at radius 2 is 1.94 bits per heavy atom. The summed E-state index contributed by atoms with van der Waals surface area (Å²) in [5.74, 6) is 0. The van der Waals surface area contributed by atoms with E-state index in [0.717, 1.165) is 17.3 Å². The summed E-state index contributed by atoms with van der Waals surface area (Å²) in [5.41, 5.74) is 0.855. The maximum atomic E-state index is 11.4. The standard InChI is InChI=1S/C14H24BrNO2/c1-6-12(8-7-11(2)15)9-10-16-13(17)18-14(3,4)5/h7-8H,6,9-10H2,1-5H3,(H,16,17)/b11-7+,12-8+. The highest BCUT2D eigenvalue weighted by Gasteiger charge is 2.15. The number of allylic oxidation sites excluding steroid dienone is 3. The van der Waals surface area contributed by atoms with E-state index in [9.17, 15) is 4.79 Å². The monoisotopic (exact) mass is 317 g/mol. The van der Waals surface area contributed by atoms with Crippen molar-refractivity contribution in [3.63, 3.8) is 0 Å². The van der Waals surface area contributed by atoms with Gasteiger partial charge in [0.1, 0.15) is 5.60 Å². The molecule has 0 saturated carbocycles. The first-order valence-corrected chi connectivity index (χ1v) is 7.02. The summed E-state index contributed by atoms with van der Waals surface area (Å²) in [6.45, 7) is 10.3. The Morgan fingerprint density at radius 1 is 1.33 bits per heavy atom. The lowest BCUT2D eigenvalue weighted by Gasteiger charge is -2.19. The molecule has 18 heavy (non-hydrogen) atoms. The van der Waals surface area contributed by atoms with Gasteiger partial charge in [-0.1, -0.05) is 40.6 Å². The number of halogens is 1. The lowest BCUT2D eigenvalue weighted by Crippen LogP contribution is -2.33. The highest BCUT2D eigenvalue weighted by atomic mass is 79.9. The van der Waals surface area contributed by atoms with Gasteiger partial charge in [-0.05, 0) is 45.0 Å². The van der Waals surface area contributed by atoms with E-state index in [4.69, 9.17) is 4.74 Å². The van der Waals surface area contributed by atoms with Crippen molar-refractivity contribution in [2.24, 2.45) is 0 Å². The maximum Gasteiger partial charge on any atom is 0.407 e. The number of alkyl carbamates (subject to hydrolysis) is 1. The quantitative estimate of drug-likeness (QED) is 0.756. The van der Waals surface area contributed by atoms with Crippen LogP contribution in [0.2, 0.25) is 0 Å². The van der Waals surface area contributed by atoms with Crippen molar-refractivity contribution >= 4 is 22.0 Å². The van der Waals surface area contributed by atoms with Gasteiger partial charge < -0.3 is 10.1 Å². The molecule has 0 bridgehead atoms. The van der Waals surface area contributed by atoms with Crippen LogP contribution in [0.15, 0.2) is 22.2 Å². The van der Waals surface area contributed by atoms with Crippen LogP contribution in [-0.2, 0) is 4.74 Å². The van der Waals surface area contributed by atoms with Gasteiger partial charge in [0.05, 0.1) is 0 Å². The van der Waals surface area contributed by atoms with Crippen LogP contribution in [0.3, 0.4) is 0 Å². The summed E-state index contributed by atoms with van der Waals surface area (Å²) in [6.07, 6.45) is 5.57. The van der Waals surface area contributed by atoms with Gasteiger partial charge in [-0.3, -0.25) is 0 Å². The van der Waals surface area contributed by atoms with Gasteiger partial charge in [-0.2, -0.15) is 0 Å². The van der Waals surface area contributed by atoms with Crippen LogP contribution in [0.5, 0.6) is 0 Å². The number of rotatable bonds is 5. The molecule has 0 aromatic carbocycles. The molecule has 0 aromatic heterocycles. The molecule has 0 atom stereocenters. The number of nitrogens with one attached hydrogen (secondary N) is 1. The summed E-state index contributed by atoms with van der Waals surface area (Å²) in [7, 11) is 0. The molecule has 104 valence electrons. The number of amides is 1. The predicted octanol–water partition coefficient (Wildman–Crippen LogP) is 4.54. The number of ether oxygens (including phenoxy) is 1. The second-order valence-electron chi connectivity index (χ2n) is 5.11. The van der Waals surface area contributed by atoms with E-state index in [2.05, 4.69) is 34.2 Å². The zero-order chi connectivity index (χ0) is 14.2. The Kier molecular flexibility index (Phi) is 8.00. The average molecular weight is 318 g/mol.